The Balaban J connectivity index is 2.72. The zero-order chi connectivity index (χ0) is 10.1. The summed E-state index contributed by atoms with van der Waals surface area (Å²) in [6.45, 7) is 0. The molecule has 0 unspecified atom stereocenters. The van der Waals surface area contributed by atoms with E-state index in [1.807, 2.05) is 5.38 Å². The van der Waals surface area contributed by atoms with Gasteiger partial charge in [-0.15, -0.1) is 11.3 Å². The molecular formula is C10H5BrFNS. The molecule has 0 aliphatic heterocycles. The SMILES string of the molecule is N#CCc1csc2c(Br)c(F)ccc12. The minimum atomic E-state index is -0.261. The van der Waals surface area contributed by atoms with E-state index >= 15 is 0 Å². The maximum Gasteiger partial charge on any atom is 0.138 e. The third-order valence-corrected chi connectivity index (χ3v) is 4.08. The highest BCUT2D eigenvalue weighted by atomic mass is 79.9. The maximum absolute atomic E-state index is 13.1. The van der Waals surface area contributed by atoms with Crippen LogP contribution in [0.2, 0.25) is 0 Å². The van der Waals surface area contributed by atoms with E-state index in [4.69, 9.17) is 5.26 Å². The van der Waals surface area contributed by atoms with Crippen LogP contribution in [0.4, 0.5) is 4.39 Å². The zero-order valence-electron chi connectivity index (χ0n) is 7.05. The van der Waals surface area contributed by atoms with Crippen molar-refractivity contribution < 1.29 is 4.39 Å². The van der Waals surface area contributed by atoms with Crippen molar-refractivity contribution in [3.8, 4) is 6.07 Å². The molecule has 0 spiro atoms. The Morgan fingerprint density at radius 2 is 2.29 bits per heavy atom. The lowest BCUT2D eigenvalue weighted by Crippen LogP contribution is -1.80. The minimum Gasteiger partial charge on any atom is -0.206 e. The van der Waals surface area contributed by atoms with E-state index in [-0.39, 0.29) is 5.82 Å². The molecule has 0 N–H and O–H groups in total. The van der Waals surface area contributed by atoms with Crippen molar-refractivity contribution in [3.63, 3.8) is 0 Å². The highest BCUT2D eigenvalue weighted by Crippen LogP contribution is 2.34. The number of nitrogens with zero attached hydrogens (tertiary/aromatic N) is 1. The van der Waals surface area contributed by atoms with Gasteiger partial charge in [0.15, 0.2) is 0 Å². The molecule has 0 radical (unpaired) electrons. The fourth-order valence-corrected chi connectivity index (χ4v) is 2.94. The molecule has 0 amide bonds. The number of hydrogen-bond acceptors (Lipinski definition) is 2. The number of thiophene rings is 1. The van der Waals surface area contributed by atoms with Crippen molar-refractivity contribution in [2.24, 2.45) is 0 Å². The van der Waals surface area contributed by atoms with Crippen molar-refractivity contribution in [2.45, 2.75) is 6.42 Å². The summed E-state index contributed by atoms with van der Waals surface area (Å²) in [5.41, 5.74) is 0.966. The maximum atomic E-state index is 13.1. The third-order valence-electron chi connectivity index (χ3n) is 1.98. The Morgan fingerprint density at radius 1 is 1.50 bits per heavy atom. The second-order valence-electron chi connectivity index (χ2n) is 2.83. The van der Waals surface area contributed by atoms with Crippen LogP contribution < -0.4 is 0 Å². The predicted molar refractivity (Wildman–Crippen MR) is 58.8 cm³/mol. The topological polar surface area (TPSA) is 23.8 Å². The van der Waals surface area contributed by atoms with Crippen LogP contribution in [-0.2, 0) is 6.42 Å². The van der Waals surface area contributed by atoms with E-state index in [1.165, 1.54) is 17.4 Å². The van der Waals surface area contributed by atoms with Gasteiger partial charge in [0.05, 0.1) is 21.7 Å². The first-order valence-corrected chi connectivity index (χ1v) is 5.62. The predicted octanol–water partition coefficient (Wildman–Crippen LogP) is 3.87. The van der Waals surface area contributed by atoms with E-state index in [0.29, 0.717) is 10.9 Å². The van der Waals surface area contributed by atoms with Crippen molar-refractivity contribution in [1.82, 2.24) is 0 Å². The molecule has 0 aliphatic carbocycles. The number of fused-ring (bicyclic) bond motifs is 1. The van der Waals surface area contributed by atoms with Crippen LogP contribution >= 0.6 is 27.3 Å². The molecule has 70 valence electrons. The summed E-state index contributed by atoms with van der Waals surface area (Å²) in [4.78, 5) is 0. The van der Waals surface area contributed by atoms with E-state index < -0.39 is 0 Å². The van der Waals surface area contributed by atoms with Gasteiger partial charge in [0.25, 0.3) is 0 Å². The first kappa shape index (κ1) is 9.63. The Morgan fingerprint density at radius 3 is 3.00 bits per heavy atom. The molecule has 14 heavy (non-hydrogen) atoms. The largest absolute Gasteiger partial charge is 0.206 e. The van der Waals surface area contributed by atoms with Crippen LogP contribution in [0.3, 0.4) is 0 Å². The summed E-state index contributed by atoms with van der Waals surface area (Å²) >= 11 is 4.65. The molecule has 1 nitrogen and oxygen atoms in total. The lowest BCUT2D eigenvalue weighted by molar-refractivity contribution is 0.624. The number of rotatable bonds is 1. The van der Waals surface area contributed by atoms with Gasteiger partial charge in [-0.2, -0.15) is 5.26 Å². The molecule has 1 aromatic carbocycles. The number of halogens is 2. The highest BCUT2D eigenvalue weighted by molar-refractivity contribution is 9.10. The first-order chi connectivity index (χ1) is 6.74. The first-order valence-electron chi connectivity index (χ1n) is 3.95. The summed E-state index contributed by atoms with van der Waals surface area (Å²) in [6.07, 6.45) is 0.373. The standard InChI is InChI=1S/C10H5BrFNS/c11-9-8(12)2-1-7-6(3-4-13)5-14-10(7)9/h1-2,5H,3H2. The monoisotopic (exact) mass is 269 g/mol. The van der Waals surface area contributed by atoms with Crippen molar-refractivity contribution in [1.29, 1.82) is 5.26 Å². The Bertz CT molecular complexity index is 527. The summed E-state index contributed by atoms with van der Waals surface area (Å²) in [5.74, 6) is -0.261. The molecule has 1 heterocycles. The second-order valence-corrected chi connectivity index (χ2v) is 4.51. The molecule has 2 aromatic rings. The fourth-order valence-electron chi connectivity index (χ4n) is 1.32. The van der Waals surface area contributed by atoms with Gasteiger partial charge in [0.2, 0.25) is 0 Å². The van der Waals surface area contributed by atoms with Crippen molar-refractivity contribution in [3.05, 3.63) is 33.4 Å². The van der Waals surface area contributed by atoms with Crippen LogP contribution in [0.1, 0.15) is 5.56 Å². The van der Waals surface area contributed by atoms with Crippen LogP contribution in [0.25, 0.3) is 10.1 Å². The Hall–Kier alpha value is -0.920. The molecule has 1 aromatic heterocycles. The van der Waals surface area contributed by atoms with Gasteiger partial charge in [-0.1, -0.05) is 6.07 Å². The second kappa shape index (κ2) is 3.68. The molecule has 0 saturated carbocycles. The van der Waals surface area contributed by atoms with Gasteiger partial charge >= 0.3 is 0 Å². The Labute approximate surface area is 92.9 Å². The average Bonchev–Trinajstić information content (AvgIpc) is 2.57. The number of hydrogen-bond donors (Lipinski definition) is 0. The minimum absolute atomic E-state index is 0.261. The number of benzene rings is 1. The zero-order valence-corrected chi connectivity index (χ0v) is 9.45. The van der Waals surface area contributed by atoms with Crippen molar-refractivity contribution >= 4 is 37.4 Å². The molecule has 0 aliphatic rings. The molecule has 0 bridgehead atoms. The van der Waals surface area contributed by atoms with Gasteiger partial charge < -0.3 is 0 Å². The summed E-state index contributed by atoms with van der Waals surface area (Å²) in [7, 11) is 0. The molecule has 4 heteroatoms. The van der Waals surface area contributed by atoms with Gasteiger partial charge in [-0.05, 0) is 38.3 Å². The van der Waals surface area contributed by atoms with Crippen LogP contribution in [0.5, 0.6) is 0 Å². The quantitative estimate of drug-likeness (QED) is 0.771. The van der Waals surface area contributed by atoms with E-state index in [0.717, 1.165) is 15.6 Å². The van der Waals surface area contributed by atoms with Gasteiger partial charge in [-0.25, -0.2) is 4.39 Å². The lowest BCUT2D eigenvalue weighted by Gasteiger charge is -1.96. The Kier molecular flexibility index (Phi) is 2.53. The number of nitriles is 1. The molecule has 0 atom stereocenters. The van der Waals surface area contributed by atoms with E-state index in [2.05, 4.69) is 22.0 Å². The summed E-state index contributed by atoms with van der Waals surface area (Å²) in [6, 6.07) is 5.23. The van der Waals surface area contributed by atoms with Gasteiger partial charge in [0.1, 0.15) is 5.82 Å². The third kappa shape index (κ3) is 1.43. The van der Waals surface area contributed by atoms with E-state index in [9.17, 15) is 4.39 Å². The van der Waals surface area contributed by atoms with Crippen LogP contribution in [-0.4, -0.2) is 0 Å². The summed E-state index contributed by atoms with van der Waals surface area (Å²) in [5, 5.41) is 11.5. The molecule has 0 fully saturated rings. The normalized spacial score (nSPS) is 10.4. The highest BCUT2D eigenvalue weighted by Gasteiger charge is 2.09. The smallest absolute Gasteiger partial charge is 0.138 e. The van der Waals surface area contributed by atoms with Crippen LogP contribution in [0.15, 0.2) is 22.0 Å². The molecule has 0 saturated heterocycles. The average molecular weight is 270 g/mol. The van der Waals surface area contributed by atoms with E-state index in [1.54, 1.807) is 6.07 Å². The lowest BCUT2D eigenvalue weighted by atomic mass is 10.1. The summed E-state index contributed by atoms with van der Waals surface area (Å²) < 4.78 is 14.5. The molecular weight excluding hydrogens is 265 g/mol. The molecule has 2 rings (SSSR count). The van der Waals surface area contributed by atoms with Crippen LogP contribution in [0, 0.1) is 17.1 Å². The van der Waals surface area contributed by atoms with Gasteiger partial charge in [0, 0.05) is 0 Å². The fraction of sp³-hybridized carbons (Fsp3) is 0.100. The van der Waals surface area contributed by atoms with Gasteiger partial charge in [-0.3, -0.25) is 0 Å². The van der Waals surface area contributed by atoms with Crippen molar-refractivity contribution in [2.75, 3.05) is 0 Å².